The van der Waals surface area contributed by atoms with Gasteiger partial charge < -0.3 is 24.6 Å². The number of nitrogens with one attached hydrogen (secondary N) is 2. The van der Waals surface area contributed by atoms with Gasteiger partial charge in [-0.1, -0.05) is 50.6 Å². The number of amides is 2. The van der Waals surface area contributed by atoms with Crippen LogP contribution in [0.25, 0.3) is 33.1 Å². The molecule has 2 heterocycles. The molecule has 3 N–H and O–H groups in total. The van der Waals surface area contributed by atoms with Crippen LogP contribution in [0.2, 0.25) is 0 Å². The second-order valence-corrected chi connectivity index (χ2v) is 9.87. The summed E-state index contributed by atoms with van der Waals surface area (Å²) in [7, 11) is 0. The van der Waals surface area contributed by atoms with Crippen molar-refractivity contribution < 1.29 is 28.3 Å². The minimum atomic E-state index is -1.14. The van der Waals surface area contributed by atoms with Gasteiger partial charge in [-0.15, -0.1) is 0 Å². The Kier molecular flexibility index (Phi) is 7.90. The summed E-state index contributed by atoms with van der Waals surface area (Å²) >= 11 is 0. The maximum absolute atomic E-state index is 12.9. The van der Waals surface area contributed by atoms with E-state index < -0.39 is 36.0 Å². The summed E-state index contributed by atoms with van der Waals surface area (Å²) in [6.45, 7) is 8.63. The standard InChI is InChI=1S/C30H32N2O7/c1-6-15(2)26(29(35)36)32-24(34)14-31-23(33)13-21-16(3)20-12-22-25(19-10-8-7-9-11-19)18(5)38-28(22)17(4)27(20)39-30(21)37/h7-12,15,26H,6,13-14H2,1-5H3,(H,31,33)(H,32,34)(H,35,36)/t15-,26+/m0/s1. The number of rotatable bonds is 9. The van der Waals surface area contributed by atoms with Crippen LogP contribution in [0.1, 0.15) is 42.7 Å². The van der Waals surface area contributed by atoms with Crippen molar-refractivity contribution in [2.45, 2.75) is 53.5 Å². The molecule has 2 amide bonds. The van der Waals surface area contributed by atoms with Crippen molar-refractivity contribution in [3.8, 4) is 11.1 Å². The number of carboxylic acids is 1. The number of carbonyl (C=O) groups is 3. The summed E-state index contributed by atoms with van der Waals surface area (Å²) in [5, 5.41) is 15.8. The fourth-order valence-electron chi connectivity index (χ4n) is 4.85. The van der Waals surface area contributed by atoms with Crippen LogP contribution in [0.4, 0.5) is 0 Å². The average Bonchev–Trinajstić information content (AvgIpc) is 3.25. The maximum atomic E-state index is 12.9. The van der Waals surface area contributed by atoms with E-state index in [0.29, 0.717) is 34.1 Å². The van der Waals surface area contributed by atoms with E-state index in [-0.39, 0.29) is 17.9 Å². The van der Waals surface area contributed by atoms with Gasteiger partial charge in [0.1, 0.15) is 23.0 Å². The molecule has 4 rings (SSSR count). The summed E-state index contributed by atoms with van der Waals surface area (Å²) in [5.74, 6) is -1.85. The van der Waals surface area contributed by atoms with Gasteiger partial charge in [-0.25, -0.2) is 9.59 Å². The lowest BCUT2D eigenvalue weighted by atomic mass is 9.96. The fraction of sp³-hybridized carbons (Fsp3) is 0.333. The molecule has 2 aromatic heterocycles. The largest absolute Gasteiger partial charge is 0.480 e. The van der Waals surface area contributed by atoms with E-state index in [4.69, 9.17) is 8.83 Å². The molecule has 9 nitrogen and oxygen atoms in total. The van der Waals surface area contributed by atoms with Crippen LogP contribution in [0.5, 0.6) is 0 Å². The number of hydrogen-bond donors (Lipinski definition) is 3. The number of benzene rings is 2. The molecule has 0 saturated heterocycles. The molecule has 0 spiro atoms. The molecule has 0 aliphatic carbocycles. The Hall–Kier alpha value is -4.40. The lowest BCUT2D eigenvalue weighted by Gasteiger charge is -2.20. The maximum Gasteiger partial charge on any atom is 0.340 e. The zero-order chi connectivity index (χ0) is 28.4. The van der Waals surface area contributed by atoms with Crippen LogP contribution >= 0.6 is 0 Å². The Morgan fingerprint density at radius 1 is 0.949 bits per heavy atom. The first-order chi connectivity index (χ1) is 18.5. The van der Waals surface area contributed by atoms with Gasteiger partial charge in [0.25, 0.3) is 0 Å². The van der Waals surface area contributed by atoms with Gasteiger partial charge in [0.15, 0.2) is 0 Å². The Labute approximate surface area is 225 Å². The number of aliphatic carboxylic acids is 1. The average molecular weight is 533 g/mol. The molecule has 9 heteroatoms. The first-order valence-corrected chi connectivity index (χ1v) is 12.9. The molecule has 0 saturated carbocycles. The highest BCUT2D eigenvalue weighted by atomic mass is 16.4. The topological polar surface area (TPSA) is 139 Å². The van der Waals surface area contributed by atoms with Crippen LogP contribution in [-0.2, 0) is 20.8 Å². The van der Waals surface area contributed by atoms with Crippen molar-refractivity contribution in [3.63, 3.8) is 0 Å². The van der Waals surface area contributed by atoms with E-state index in [1.165, 1.54) is 0 Å². The van der Waals surface area contributed by atoms with Crippen molar-refractivity contribution in [1.29, 1.82) is 0 Å². The smallest absolute Gasteiger partial charge is 0.340 e. The van der Waals surface area contributed by atoms with Gasteiger partial charge in [-0.3, -0.25) is 9.59 Å². The molecule has 2 aromatic carbocycles. The minimum Gasteiger partial charge on any atom is -0.480 e. The highest BCUT2D eigenvalue weighted by Gasteiger charge is 2.26. The fourth-order valence-corrected chi connectivity index (χ4v) is 4.85. The molecule has 0 unspecified atom stereocenters. The Bertz CT molecular complexity index is 1630. The molecular formula is C30H32N2O7. The number of hydrogen-bond acceptors (Lipinski definition) is 6. The lowest BCUT2D eigenvalue weighted by molar-refractivity contribution is -0.143. The first kappa shape index (κ1) is 27.6. The molecule has 0 aliphatic rings. The highest BCUT2D eigenvalue weighted by molar-refractivity contribution is 6.06. The summed E-state index contributed by atoms with van der Waals surface area (Å²) in [5.41, 5.74) is 3.81. The lowest BCUT2D eigenvalue weighted by Crippen LogP contribution is -2.48. The third-order valence-electron chi connectivity index (χ3n) is 7.27. The van der Waals surface area contributed by atoms with Gasteiger partial charge in [0.05, 0.1) is 18.5 Å². The number of carbonyl (C=O) groups excluding carboxylic acids is 2. The van der Waals surface area contributed by atoms with E-state index in [9.17, 15) is 24.3 Å². The van der Waals surface area contributed by atoms with Crippen molar-refractivity contribution in [2.24, 2.45) is 5.92 Å². The molecule has 2 atom stereocenters. The van der Waals surface area contributed by atoms with Crippen LogP contribution in [0.3, 0.4) is 0 Å². The van der Waals surface area contributed by atoms with Gasteiger partial charge in [-0.2, -0.15) is 0 Å². The summed E-state index contributed by atoms with van der Waals surface area (Å²) in [6.07, 6.45) is 0.274. The Morgan fingerprint density at radius 2 is 1.62 bits per heavy atom. The SMILES string of the molecule is CC[C@H](C)[C@@H](NC(=O)CNC(=O)Cc1c(C)c2cc3c(-c4ccccc4)c(C)oc3c(C)c2oc1=O)C(=O)O. The summed E-state index contributed by atoms with van der Waals surface area (Å²) in [6, 6.07) is 10.7. The summed E-state index contributed by atoms with van der Waals surface area (Å²) < 4.78 is 11.8. The minimum absolute atomic E-state index is 0.184. The molecule has 204 valence electrons. The molecule has 4 aromatic rings. The zero-order valence-corrected chi connectivity index (χ0v) is 22.6. The zero-order valence-electron chi connectivity index (χ0n) is 22.6. The van der Waals surface area contributed by atoms with Crippen molar-refractivity contribution >= 4 is 39.7 Å². The Balaban J connectivity index is 1.62. The third-order valence-corrected chi connectivity index (χ3v) is 7.27. The number of carboxylic acid groups (broad SMARTS) is 1. The number of fused-ring (bicyclic) bond motifs is 2. The van der Waals surface area contributed by atoms with Crippen molar-refractivity contribution in [3.05, 3.63) is 69.3 Å². The highest BCUT2D eigenvalue weighted by Crippen LogP contribution is 2.39. The first-order valence-electron chi connectivity index (χ1n) is 12.9. The van der Waals surface area contributed by atoms with Crippen molar-refractivity contribution in [1.82, 2.24) is 10.6 Å². The normalized spacial score (nSPS) is 12.8. The van der Waals surface area contributed by atoms with Gasteiger partial charge >= 0.3 is 11.6 Å². The van der Waals surface area contributed by atoms with Crippen LogP contribution in [0.15, 0.2) is 50.0 Å². The van der Waals surface area contributed by atoms with E-state index in [1.807, 2.05) is 57.2 Å². The molecule has 0 radical (unpaired) electrons. The Morgan fingerprint density at radius 3 is 2.26 bits per heavy atom. The van der Waals surface area contributed by atoms with E-state index in [0.717, 1.165) is 22.3 Å². The van der Waals surface area contributed by atoms with Gasteiger partial charge in [0.2, 0.25) is 11.8 Å². The number of furan rings is 1. The molecule has 0 aliphatic heterocycles. The van der Waals surface area contributed by atoms with Crippen LogP contribution < -0.4 is 16.3 Å². The quantitative estimate of drug-likeness (QED) is 0.272. The summed E-state index contributed by atoms with van der Waals surface area (Å²) in [4.78, 5) is 49.3. The van der Waals surface area contributed by atoms with Crippen molar-refractivity contribution in [2.75, 3.05) is 6.54 Å². The third kappa shape index (κ3) is 5.43. The molecular weight excluding hydrogens is 500 g/mol. The number of aryl methyl sites for hydroxylation is 3. The van der Waals surface area contributed by atoms with E-state index in [1.54, 1.807) is 13.8 Å². The second kappa shape index (κ2) is 11.1. The van der Waals surface area contributed by atoms with Gasteiger partial charge in [0, 0.05) is 21.9 Å². The predicted molar refractivity (Wildman–Crippen MR) is 148 cm³/mol. The van der Waals surface area contributed by atoms with Crippen LogP contribution in [0, 0.1) is 26.7 Å². The predicted octanol–water partition coefficient (Wildman–Crippen LogP) is 4.41. The molecule has 0 fully saturated rings. The van der Waals surface area contributed by atoms with Crippen LogP contribution in [-0.4, -0.2) is 35.5 Å². The van der Waals surface area contributed by atoms with Gasteiger partial charge in [-0.05, 0) is 43.9 Å². The molecule has 0 bridgehead atoms. The second-order valence-electron chi connectivity index (χ2n) is 9.87. The molecule has 39 heavy (non-hydrogen) atoms. The van der Waals surface area contributed by atoms with E-state index >= 15 is 0 Å². The van der Waals surface area contributed by atoms with E-state index in [2.05, 4.69) is 10.6 Å². The monoisotopic (exact) mass is 532 g/mol.